The molecule has 3 rings (SSSR count). The third kappa shape index (κ3) is 8.09. The quantitative estimate of drug-likeness (QED) is 0.133. The number of hydrogen-bond donors (Lipinski definition) is 3. The predicted molar refractivity (Wildman–Crippen MR) is 185 cm³/mol. The molecule has 1 saturated heterocycles. The van der Waals surface area contributed by atoms with Gasteiger partial charge in [0.05, 0.1) is 12.2 Å². The van der Waals surface area contributed by atoms with E-state index in [-0.39, 0.29) is 22.7 Å². The van der Waals surface area contributed by atoms with Gasteiger partial charge in [-0.15, -0.1) is 0 Å². The van der Waals surface area contributed by atoms with Crippen LogP contribution in [0.15, 0.2) is 119 Å². The summed E-state index contributed by atoms with van der Waals surface area (Å²) < 4.78 is 6.24. The third-order valence-electron chi connectivity index (χ3n) is 9.74. The first-order chi connectivity index (χ1) is 20.4. The van der Waals surface area contributed by atoms with Crippen molar-refractivity contribution < 1.29 is 20.1 Å². The lowest BCUT2D eigenvalue weighted by Gasteiger charge is -2.46. The van der Waals surface area contributed by atoms with E-state index in [0.717, 1.165) is 34.3 Å². The Balaban J connectivity index is 1.51. The van der Waals surface area contributed by atoms with E-state index in [0.29, 0.717) is 12.8 Å². The smallest absolute Gasteiger partial charge is 0.121 e. The van der Waals surface area contributed by atoms with E-state index >= 15 is 0 Å². The van der Waals surface area contributed by atoms with Gasteiger partial charge in [0.2, 0.25) is 0 Å². The molecule has 0 aromatic rings. The zero-order valence-corrected chi connectivity index (χ0v) is 28.7. The van der Waals surface area contributed by atoms with Gasteiger partial charge in [0.25, 0.3) is 0 Å². The largest absolute Gasteiger partial charge is 0.393 e. The van der Waals surface area contributed by atoms with Crippen molar-refractivity contribution in [3.05, 3.63) is 119 Å². The van der Waals surface area contributed by atoms with E-state index in [4.69, 9.17) is 4.74 Å². The molecule has 3 N–H and O–H groups in total. The van der Waals surface area contributed by atoms with Crippen LogP contribution in [0, 0.1) is 10.8 Å². The molecular weight excluding hydrogens is 544 g/mol. The zero-order chi connectivity index (χ0) is 33.0. The molecule has 0 radical (unpaired) electrons. The number of epoxide rings is 1. The first kappa shape index (κ1) is 35.7. The fourth-order valence-corrected chi connectivity index (χ4v) is 6.96. The molecular formula is C40H56O4. The van der Waals surface area contributed by atoms with Crippen molar-refractivity contribution in [1.82, 2.24) is 0 Å². The highest BCUT2D eigenvalue weighted by Gasteiger charge is 2.74. The zero-order valence-electron chi connectivity index (χ0n) is 28.7. The Morgan fingerprint density at radius 1 is 0.682 bits per heavy atom. The average Bonchev–Trinajstić information content (AvgIpc) is 3.52. The summed E-state index contributed by atoms with van der Waals surface area (Å²) in [5, 5.41) is 31.7. The Labute approximate surface area is 267 Å². The Morgan fingerprint density at radius 2 is 1.16 bits per heavy atom. The molecule has 1 aliphatic heterocycles. The number of hydrogen-bond acceptors (Lipinski definition) is 4. The molecule has 2 fully saturated rings. The van der Waals surface area contributed by atoms with E-state index in [9.17, 15) is 15.3 Å². The molecule has 1 heterocycles. The molecule has 0 bridgehead atoms. The average molecular weight is 601 g/mol. The standard InChI is InChI=1S/C40H56O4/c1-29(17-13-19-31(3)21-23-39(43)33(5)25-34(41)26-36(39,6)7)15-11-12-16-30(2)18-14-20-32(4)22-24-40-37(8,9)27-35(42)28-38(40,10)44-40/h11-25,34-35,41-43H,26-28H2,1-10H3/b12-11+,17-13+,18-14+,23-21+,24-22+,29-15+,30-16+,31-19+,32-20+/t34-,35+,38-,39+,40+/m1/s1. The second-order valence-corrected chi connectivity index (χ2v) is 14.7. The Hall–Kier alpha value is -2.76. The number of rotatable bonds is 10. The fraction of sp³-hybridized carbons (Fsp3) is 0.500. The van der Waals surface area contributed by atoms with E-state index in [1.54, 1.807) is 6.08 Å². The van der Waals surface area contributed by atoms with Crippen molar-refractivity contribution in [3.63, 3.8) is 0 Å². The molecule has 5 atom stereocenters. The highest BCUT2D eigenvalue weighted by Crippen LogP contribution is 2.66. The maximum Gasteiger partial charge on any atom is 0.121 e. The minimum Gasteiger partial charge on any atom is -0.393 e. The van der Waals surface area contributed by atoms with Crippen molar-refractivity contribution in [2.45, 2.75) is 118 Å². The van der Waals surface area contributed by atoms with Crippen LogP contribution in [0.5, 0.6) is 0 Å². The van der Waals surface area contributed by atoms with Crippen LogP contribution < -0.4 is 0 Å². The molecule has 4 nitrogen and oxygen atoms in total. The molecule has 2 aliphatic carbocycles. The first-order valence-electron chi connectivity index (χ1n) is 15.9. The Kier molecular flexibility index (Phi) is 11.1. The molecule has 3 aliphatic rings. The van der Waals surface area contributed by atoms with Gasteiger partial charge < -0.3 is 20.1 Å². The number of ether oxygens (including phenoxy) is 1. The Morgan fingerprint density at radius 3 is 1.66 bits per heavy atom. The highest BCUT2D eigenvalue weighted by atomic mass is 16.6. The lowest BCUT2D eigenvalue weighted by molar-refractivity contribution is -0.0292. The van der Waals surface area contributed by atoms with Crippen molar-refractivity contribution >= 4 is 0 Å². The van der Waals surface area contributed by atoms with E-state index < -0.39 is 17.1 Å². The van der Waals surface area contributed by atoms with Gasteiger partial charge in [-0.3, -0.25) is 0 Å². The van der Waals surface area contributed by atoms with Crippen molar-refractivity contribution in [2.75, 3.05) is 0 Å². The second kappa shape index (κ2) is 13.7. The highest BCUT2D eigenvalue weighted by molar-refractivity contribution is 5.38. The molecule has 1 saturated carbocycles. The maximum absolute atomic E-state index is 11.3. The summed E-state index contributed by atoms with van der Waals surface area (Å²) in [4.78, 5) is 0. The third-order valence-corrected chi connectivity index (χ3v) is 9.74. The summed E-state index contributed by atoms with van der Waals surface area (Å²) in [5.74, 6) is 0. The normalized spacial score (nSPS) is 35.0. The van der Waals surface area contributed by atoms with Crippen LogP contribution in [0.4, 0.5) is 0 Å². The Bertz CT molecular complexity index is 1370. The van der Waals surface area contributed by atoms with E-state index in [2.05, 4.69) is 90.2 Å². The minimum absolute atomic E-state index is 0.104. The van der Waals surface area contributed by atoms with Gasteiger partial charge in [-0.05, 0) is 72.1 Å². The summed E-state index contributed by atoms with van der Waals surface area (Å²) in [6, 6.07) is 0. The van der Waals surface area contributed by atoms with Crippen LogP contribution in [0.3, 0.4) is 0 Å². The van der Waals surface area contributed by atoms with E-state index in [1.807, 2.05) is 64.2 Å². The van der Waals surface area contributed by atoms with Gasteiger partial charge >= 0.3 is 0 Å². The van der Waals surface area contributed by atoms with Gasteiger partial charge in [-0.1, -0.05) is 129 Å². The SMILES string of the molecule is CC1=C[C@@H](O)CC(C)(C)[C@]1(O)/C=C/C(C)=C/C=C/C(C)=C/C=C/C=C(C)/C=C/C=C(C)/C=C/[C@@]12O[C@]1(C)C[C@@H](O)CC2(C)C. The molecule has 4 heteroatoms. The molecule has 0 aromatic heterocycles. The van der Waals surface area contributed by atoms with Crippen LogP contribution in [0.2, 0.25) is 0 Å². The van der Waals surface area contributed by atoms with Crippen LogP contribution in [0.25, 0.3) is 0 Å². The van der Waals surface area contributed by atoms with Gasteiger partial charge in [-0.25, -0.2) is 0 Å². The van der Waals surface area contributed by atoms with Crippen molar-refractivity contribution in [1.29, 1.82) is 0 Å². The van der Waals surface area contributed by atoms with E-state index in [1.165, 1.54) is 0 Å². The summed E-state index contributed by atoms with van der Waals surface area (Å²) in [6.45, 7) is 20.6. The number of aliphatic hydroxyl groups excluding tert-OH is 2. The lowest BCUT2D eigenvalue weighted by atomic mass is 9.63. The van der Waals surface area contributed by atoms with Crippen LogP contribution in [-0.4, -0.2) is 44.3 Å². The van der Waals surface area contributed by atoms with Crippen LogP contribution >= 0.6 is 0 Å². The number of fused-ring (bicyclic) bond motifs is 1. The molecule has 0 unspecified atom stereocenters. The summed E-state index contributed by atoms with van der Waals surface area (Å²) >= 11 is 0. The second-order valence-electron chi connectivity index (χ2n) is 14.7. The van der Waals surface area contributed by atoms with Gasteiger partial charge in [-0.2, -0.15) is 0 Å². The van der Waals surface area contributed by atoms with Gasteiger partial charge in [0, 0.05) is 17.3 Å². The monoisotopic (exact) mass is 600 g/mol. The molecule has 240 valence electrons. The predicted octanol–water partition coefficient (Wildman–Crippen LogP) is 8.73. The fourth-order valence-electron chi connectivity index (χ4n) is 6.96. The summed E-state index contributed by atoms with van der Waals surface area (Å²) in [5.41, 5.74) is 3.05. The van der Waals surface area contributed by atoms with Crippen LogP contribution in [0.1, 0.15) is 88.5 Å². The first-order valence-corrected chi connectivity index (χ1v) is 15.9. The van der Waals surface area contributed by atoms with Crippen molar-refractivity contribution in [3.8, 4) is 0 Å². The molecule has 0 amide bonds. The summed E-state index contributed by atoms with van der Waals surface area (Å²) in [7, 11) is 0. The maximum atomic E-state index is 11.3. The number of allylic oxidation sites excluding steroid dienone is 16. The van der Waals surface area contributed by atoms with Gasteiger partial charge in [0.1, 0.15) is 16.8 Å². The van der Waals surface area contributed by atoms with Gasteiger partial charge in [0.15, 0.2) is 0 Å². The molecule has 0 spiro atoms. The summed E-state index contributed by atoms with van der Waals surface area (Å²) in [6.07, 6.45) is 31.7. The number of aliphatic hydroxyl groups is 3. The topological polar surface area (TPSA) is 73.2 Å². The minimum atomic E-state index is -1.08. The van der Waals surface area contributed by atoms with Crippen LogP contribution in [-0.2, 0) is 4.74 Å². The molecule has 0 aromatic carbocycles. The lowest BCUT2D eigenvalue weighted by Crippen LogP contribution is -2.48. The van der Waals surface area contributed by atoms with Crippen molar-refractivity contribution in [2.24, 2.45) is 10.8 Å². The molecule has 44 heavy (non-hydrogen) atoms.